The summed E-state index contributed by atoms with van der Waals surface area (Å²) in [5, 5.41) is 7.52. The summed E-state index contributed by atoms with van der Waals surface area (Å²) in [5.74, 6) is 0. The largest absolute Gasteiger partial charge is 0.285 e. The molecule has 1 saturated carbocycles. The second-order valence-corrected chi connectivity index (χ2v) is 10.5. The number of benzene rings is 1. The molecular weight excluding hydrogens is 404 g/mol. The lowest BCUT2D eigenvalue weighted by atomic mass is 9.98. The number of rotatable bonds is 5. The normalized spacial score (nSPS) is 14.4. The van der Waals surface area contributed by atoms with Gasteiger partial charge in [-0.05, 0) is 38.3 Å². The summed E-state index contributed by atoms with van der Waals surface area (Å²) in [4.78, 5) is 6.55. The van der Waals surface area contributed by atoms with Gasteiger partial charge in [-0.25, -0.2) is 13.4 Å². The third-order valence-corrected chi connectivity index (χ3v) is 8.06. The lowest BCUT2D eigenvalue weighted by Gasteiger charge is -2.12. The summed E-state index contributed by atoms with van der Waals surface area (Å²) >= 11 is 1.55. The van der Waals surface area contributed by atoms with Crippen molar-refractivity contribution in [2.24, 2.45) is 0 Å². The summed E-state index contributed by atoms with van der Waals surface area (Å²) in [7, 11) is -3.39. The Balaban J connectivity index is 1.82. The van der Waals surface area contributed by atoms with Crippen LogP contribution in [0.4, 0.5) is 5.69 Å². The van der Waals surface area contributed by atoms with Gasteiger partial charge in [0.05, 0.1) is 17.1 Å². The van der Waals surface area contributed by atoms with Crippen LogP contribution in [0.2, 0.25) is 0 Å². The zero-order chi connectivity index (χ0) is 20.2. The van der Waals surface area contributed by atoms with E-state index in [1.54, 1.807) is 17.5 Å². The number of hydrogen-bond donors (Lipinski definition) is 2. The Bertz CT molecular complexity index is 1320. The van der Waals surface area contributed by atoms with Gasteiger partial charge in [-0.3, -0.25) is 9.82 Å². The average molecular weight is 425 g/mol. The highest BCUT2D eigenvalue weighted by molar-refractivity contribution is 7.93. The number of anilines is 1. The molecule has 1 aromatic carbocycles. The highest BCUT2D eigenvalue weighted by atomic mass is 32.2. The van der Waals surface area contributed by atoms with E-state index in [1.165, 1.54) is 0 Å². The van der Waals surface area contributed by atoms with Crippen LogP contribution in [0.25, 0.3) is 31.8 Å². The number of nitrogens with one attached hydrogen (secondary N) is 2. The number of aromatic amines is 1. The first-order valence-corrected chi connectivity index (χ1v) is 11.8. The maximum atomic E-state index is 12.7. The van der Waals surface area contributed by atoms with Crippen LogP contribution in [0.5, 0.6) is 0 Å². The second kappa shape index (κ2) is 6.67. The summed E-state index contributed by atoms with van der Waals surface area (Å²) < 4.78 is 28.3. The maximum absolute atomic E-state index is 12.7. The molecule has 8 heteroatoms. The smallest absolute Gasteiger partial charge is 0.235 e. The Labute approximate surface area is 173 Å². The molecule has 0 spiro atoms. The number of thiophene rings is 1. The molecule has 6 nitrogen and oxygen atoms in total. The van der Waals surface area contributed by atoms with Crippen LogP contribution in [0, 0.1) is 13.8 Å². The Morgan fingerprint density at radius 1 is 1.17 bits per heavy atom. The van der Waals surface area contributed by atoms with E-state index in [1.807, 2.05) is 25.3 Å². The summed E-state index contributed by atoms with van der Waals surface area (Å²) in [6.07, 6.45) is 5.07. The summed E-state index contributed by atoms with van der Waals surface area (Å²) in [5.41, 5.74) is 5.49. The fraction of sp³-hybridized carbons (Fsp3) is 0.238. The van der Waals surface area contributed by atoms with Gasteiger partial charge in [-0.1, -0.05) is 29.8 Å². The molecule has 0 saturated heterocycles. The van der Waals surface area contributed by atoms with Crippen molar-refractivity contribution in [1.29, 1.82) is 0 Å². The summed E-state index contributed by atoms with van der Waals surface area (Å²) in [6.45, 7) is 3.94. The first-order valence-electron chi connectivity index (χ1n) is 9.44. The van der Waals surface area contributed by atoms with Crippen molar-refractivity contribution in [3.8, 4) is 21.6 Å². The highest BCUT2D eigenvalue weighted by Crippen LogP contribution is 2.47. The molecule has 0 amide bonds. The van der Waals surface area contributed by atoms with Crippen LogP contribution < -0.4 is 4.72 Å². The number of nitrogens with zero attached hydrogens (tertiary/aromatic N) is 2. The van der Waals surface area contributed by atoms with Gasteiger partial charge in [-0.15, -0.1) is 11.3 Å². The van der Waals surface area contributed by atoms with Crippen LogP contribution >= 0.6 is 11.3 Å². The number of aryl methyl sites for hydroxylation is 2. The topological polar surface area (TPSA) is 87.7 Å². The van der Waals surface area contributed by atoms with E-state index in [0.717, 1.165) is 55.9 Å². The zero-order valence-corrected chi connectivity index (χ0v) is 17.7. The molecule has 5 rings (SSSR count). The molecule has 0 unspecified atom stereocenters. The van der Waals surface area contributed by atoms with Crippen LogP contribution in [0.1, 0.15) is 24.1 Å². The molecule has 0 aliphatic heterocycles. The molecule has 3 heterocycles. The van der Waals surface area contributed by atoms with E-state index in [-0.39, 0.29) is 5.25 Å². The average Bonchev–Trinajstić information content (AvgIpc) is 3.26. The van der Waals surface area contributed by atoms with Crippen molar-refractivity contribution >= 4 is 37.3 Å². The molecule has 0 bridgehead atoms. The monoisotopic (exact) mass is 424 g/mol. The van der Waals surface area contributed by atoms with Gasteiger partial charge in [0.15, 0.2) is 0 Å². The quantitative estimate of drug-likeness (QED) is 0.478. The number of hydrogen-bond acceptors (Lipinski definition) is 5. The summed E-state index contributed by atoms with van der Waals surface area (Å²) in [6, 6.07) is 10.1. The lowest BCUT2D eigenvalue weighted by molar-refractivity contribution is 0.600. The van der Waals surface area contributed by atoms with Crippen LogP contribution in [-0.4, -0.2) is 28.8 Å². The number of aromatic nitrogens is 3. The Morgan fingerprint density at radius 3 is 2.69 bits per heavy atom. The van der Waals surface area contributed by atoms with Crippen LogP contribution in [0.3, 0.4) is 0 Å². The van der Waals surface area contributed by atoms with Gasteiger partial charge < -0.3 is 0 Å². The molecular formula is C21H20N4O2S2. The van der Waals surface area contributed by atoms with Crippen molar-refractivity contribution in [1.82, 2.24) is 15.2 Å². The third kappa shape index (κ3) is 3.32. The van der Waals surface area contributed by atoms with Gasteiger partial charge >= 0.3 is 0 Å². The minimum absolute atomic E-state index is 0.291. The number of sulfonamides is 1. The van der Waals surface area contributed by atoms with Crippen molar-refractivity contribution in [2.45, 2.75) is 31.9 Å². The van der Waals surface area contributed by atoms with Gasteiger partial charge in [0, 0.05) is 33.3 Å². The van der Waals surface area contributed by atoms with Crippen LogP contribution in [-0.2, 0) is 10.0 Å². The van der Waals surface area contributed by atoms with E-state index in [2.05, 4.69) is 40.0 Å². The van der Waals surface area contributed by atoms with E-state index in [0.29, 0.717) is 5.69 Å². The molecule has 1 aliphatic carbocycles. The molecule has 1 aliphatic rings. The molecule has 1 fully saturated rings. The van der Waals surface area contributed by atoms with Crippen molar-refractivity contribution in [3.05, 3.63) is 54.0 Å². The van der Waals surface area contributed by atoms with Crippen molar-refractivity contribution in [2.75, 3.05) is 4.72 Å². The zero-order valence-electron chi connectivity index (χ0n) is 16.1. The van der Waals surface area contributed by atoms with Crippen molar-refractivity contribution < 1.29 is 8.42 Å². The van der Waals surface area contributed by atoms with E-state index in [9.17, 15) is 8.42 Å². The Kier molecular flexibility index (Phi) is 4.22. The lowest BCUT2D eigenvalue weighted by Crippen LogP contribution is -2.17. The molecule has 4 aromatic rings. The molecule has 29 heavy (non-hydrogen) atoms. The molecule has 148 valence electrons. The molecule has 0 atom stereocenters. The van der Waals surface area contributed by atoms with Gasteiger partial charge in [0.25, 0.3) is 0 Å². The minimum atomic E-state index is -3.39. The van der Waals surface area contributed by atoms with Gasteiger partial charge in [0.2, 0.25) is 10.0 Å². The van der Waals surface area contributed by atoms with Gasteiger partial charge in [0.1, 0.15) is 4.83 Å². The molecule has 2 N–H and O–H groups in total. The van der Waals surface area contributed by atoms with E-state index < -0.39 is 10.0 Å². The van der Waals surface area contributed by atoms with E-state index >= 15 is 0 Å². The first-order chi connectivity index (χ1) is 13.9. The van der Waals surface area contributed by atoms with Crippen molar-refractivity contribution in [3.63, 3.8) is 0 Å². The van der Waals surface area contributed by atoms with Gasteiger partial charge in [-0.2, -0.15) is 5.10 Å². The predicted molar refractivity (Wildman–Crippen MR) is 118 cm³/mol. The first kappa shape index (κ1) is 18.3. The minimum Gasteiger partial charge on any atom is -0.285 e. The predicted octanol–water partition coefficient (Wildman–Crippen LogP) is 4.87. The number of fused-ring (bicyclic) bond motifs is 1. The standard InChI is InChI=1S/C21H20N4O2S2/c1-12-4-3-5-14(8-12)18-19-17(25-29(26,27)16-6-7-16)9-13(2)24-21(19)28-20(18)15-10-22-23-11-15/h3-5,8-11,16H,6-7H2,1-2H3,(H,22,23)(H,24,25). The van der Waals surface area contributed by atoms with Crippen LogP contribution in [0.15, 0.2) is 42.7 Å². The SMILES string of the molecule is Cc1cccc(-c2c(-c3cn[nH]c3)sc3nc(C)cc(NS(=O)(=O)C4CC4)c23)c1. The maximum Gasteiger partial charge on any atom is 0.235 e. The third-order valence-electron chi connectivity index (χ3n) is 5.07. The molecule has 0 radical (unpaired) electrons. The fourth-order valence-electron chi connectivity index (χ4n) is 3.57. The second-order valence-electron chi connectivity index (χ2n) is 7.50. The van der Waals surface area contributed by atoms with E-state index in [4.69, 9.17) is 4.98 Å². The molecule has 3 aromatic heterocycles. The Morgan fingerprint density at radius 2 is 2.00 bits per heavy atom. The Hall–Kier alpha value is -2.71. The number of pyridine rings is 1. The highest BCUT2D eigenvalue weighted by Gasteiger charge is 2.36. The fourth-order valence-corrected chi connectivity index (χ4v) is 6.21. The number of H-pyrrole nitrogens is 1.